The van der Waals surface area contributed by atoms with Gasteiger partial charge < -0.3 is 0 Å². The molecular weight excluding hydrogens is 317 g/mol. The van der Waals surface area contributed by atoms with E-state index in [9.17, 15) is 18.0 Å². The Bertz CT molecular complexity index is 304. The third-order valence-electron chi connectivity index (χ3n) is 1.23. The van der Waals surface area contributed by atoms with Crippen molar-refractivity contribution in [2.24, 2.45) is 5.16 Å². The second-order valence-electron chi connectivity index (χ2n) is 2.48. The summed E-state index contributed by atoms with van der Waals surface area (Å²) in [5, 5.41) is 5.07. The highest BCUT2D eigenvalue weighted by Gasteiger charge is 2.34. The molecule has 17 heavy (non-hydrogen) atoms. The molecule has 0 aromatic carbocycles. The van der Waals surface area contributed by atoms with Crippen LogP contribution < -0.4 is 0 Å². The molecule has 0 aliphatic carbocycles. The Morgan fingerprint density at radius 2 is 2.06 bits per heavy atom. The fourth-order valence-electron chi connectivity index (χ4n) is 0.639. The van der Waals surface area contributed by atoms with Crippen molar-refractivity contribution >= 4 is 57.7 Å². The minimum Gasteiger partial charge on any atom is -0.296 e. The molecular formula is C6H7F3N2O2S4. The van der Waals surface area contributed by atoms with Gasteiger partial charge in [-0.05, 0) is 0 Å². The van der Waals surface area contributed by atoms with Crippen LogP contribution in [0.25, 0.3) is 0 Å². The minimum atomic E-state index is -4.52. The van der Waals surface area contributed by atoms with Crippen molar-refractivity contribution in [3.63, 3.8) is 0 Å². The standard InChI is InChI=1S/C6H7F3N2O2S4/c1-11(17-6(7,8)9)5(12)13-10-4-15-2-14-3-16-4/h2-3H2,1H3. The van der Waals surface area contributed by atoms with Gasteiger partial charge in [0.25, 0.3) is 0 Å². The topological polar surface area (TPSA) is 41.9 Å². The van der Waals surface area contributed by atoms with Gasteiger partial charge in [-0.3, -0.25) is 4.84 Å². The molecule has 0 bridgehead atoms. The fraction of sp³-hybridized carbons (Fsp3) is 0.667. The Balaban J connectivity index is 2.38. The first kappa shape index (κ1) is 15.2. The fourth-order valence-corrected chi connectivity index (χ4v) is 4.79. The lowest BCUT2D eigenvalue weighted by Crippen LogP contribution is -2.23. The Morgan fingerprint density at radius 1 is 1.47 bits per heavy atom. The number of hydrogen-bond donors (Lipinski definition) is 0. The maximum absolute atomic E-state index is 11.9. The first-order chi connectivity index (χ1) is 7.88. The third kappa shape index (κ3) is 6.58. The summed E-state index contributed by atoms with van der Waals surface area (Å²) >= 11 is 3.87. The number of alkyl halides is 3. The van der Waals surface area contributed by atoms with Crippen LogP contribution in [-0.2, 0) is 4.84 Å². The summed E-state index contributed by atoms with van der Waals surface area (Å²) < 4.78 is 36.7. The van der Waals surface area contributed by atoms with Crippen LogP contribution in [0.5, 0.6) is 0 Å². The number of rotatable bonds is 2. The summed E-state index contributed by atoms with van der Waals surface area (Å²) in [4.78, 5) is 15.5. The zero-order chi connectivity index (χ0) is 12.9. The van der Waals surface area contributed by atoms with Gasteiger partial charge in [-0.25, -0.2) is 9.10 Å². The number of halogens is 3. The lowest BCUT2D eigenvalue weighted by molar-refractivity contribution is -0.0358. The van der Waals surface area contributed by atoms with Gasteiger partial charge in [-0.1, -0.05) is 28.7 Å². The smallest absolute Gasteiger partial charge is 0.296 e. The molecule has 0 spiro atoms. The predicted molar refractivity (Wildman–Crippen MR) is 67.8 cm³/mol. The molecule has 0 N–H and O–H groups in total. The number of thioether (sulfide) groups is 3. The lowest BCUT2D eigenvalue weighted by Gasteiger charge is -2.15. The number of hydrogen-bond acceptors (Lipinski definition) is 7. The predicted octanol–water partition coefficient (Wildman–Crippen LogP) is 3.62. The molecule has 1 rings (SSSR count). The quantitative estimate of drug-likeness (QED) is 0.439. The second-order valence-corrected chi connectivity index (χ2v) is 7.57. The number of carbonyl (C=O) groups excluding carboxylic acids is 1. The van der Waals surface area contributed by atoms with E-state index >= 15 is 0 Å². The number of carbonyl (C=O) groups is 1. The van der Waals surface area contributed by atoms with Crippen molar-refractivity contribution < 1.29 is 22.8 Å². The normalized spacial score (nSPS) is 16.6. The van der Waals surface area contributed by atoms with E-state index in [0.717, 1.165) is 17.2 Å². The number of amides is 1. The van der Waals surface area contributed by atoms with Crippen molar-refractivity contribution in [3.05, 3.63) is 0 Å². The molecule has 98 valence electrons. The van der Waals surface area contributed by atoms with Gasteiger partial charge in [-0.15, -0.1) is 11.8 Å². The van der Waals surface area contributed by atoms with E-state index in [4.69, 9.17) is 0 Å². The molecule has 0 radical (unpaired) electrons. The molecule has 0 aromatic rings. The van der Waals surface area contributed by atoms with Crippen molar-refractivity contribution in [3.8, 4) is 0 Å². The van der Waals surface area contributed by atoms with Crippen LogP contribution in [0.1, 0.15) is 0 Å². The van der Waals surface area contributed by atoms with Gasteiger partial charge in [0.05, 0.1) is 11.9 Å². The molecule has 0 unspecified atom stereocenters. The number of nitrogens with zero attached hydrogens (tertiary/aromatic N) is 2. The monoisotopic (exact) mass is 324 g/mol. The van der Waals surface area contributed by atoms with E-state index < -0.39 is 23.5 Å². The van der Waals surface area contributed by atoms with E-state index in [1.54, 1.807) is 11.8 Å². The van der Waals surface area contributed by atoms with Crippen molar-refractivity contribution in [2.75, 3.05) is 17.2 Å². The zero-order valence-electron chi connectivity index (χ0n) is 8.39. The summed E-state index contributed by atoms with van der Waals surface area (Å²) in [6, 6.07) is 0. The molecule has 0 saturated carbocycles. The van der Waals surface area contributed by atoms with Gasteiger partial charge >= 0.3 is 11.6 Å². The van der Waals surface area contributed by atoms with Crippen LogP contribution in [0, 0.1) is 0 Å². The molecule has 4 nitrogen and oxygen atoms in total. The van der Waals surface area contributed by atoms with E-state index in [2.05, 4.69) is 9.99 Å². The zero-order valence-corrected chi connectivity index (χ0v) is 11.7. The summed E-state index contributed by atoms with van der Waals surface area (Å²) in [7, 11) is 0.970. The lowest BCUT2D eigenvalue weighted by atomic mass is 11.1. The molecule has 11 heteroatoms. The van der Waals surface area contributed by atoms with E-state index in [1.165, 1.54) is 23.5 Å². The van der Waals surface area contributed by atoms with E-state index in [1.807, 2.05) is 0 Å². The van der Waals surface area contributed by atoms with Gasteiger partial charge in [0, 0.05) is 17.2 Å². The average Bonchev–Trinajstić information content (AvgIpc) is 2.25. The maximum Gasteiger partial charge on any atom is 0.461 e. The highest BCUT2D eigenvalue weighted by atomic mass is 32.3. The maximum atomic E-state index is 11.9. The molecule has 1 aliphatic rings. The molecule has 0 aromatic heterocycles. The van der Waals surface area contributed by atoms with Gasteiger partial charge in [0.1, 0.15) is 0 Å². The van der Waals surface area contributed by atoms with E-state index in [0.29, 0.717) is 8.68 Å². The molecule has 1 amide bonds. The van der Waals surface area contributed by atoms with Crippen molar-refractivity contribution in [2.45, 2.75) is 5.51 Å². The molecule has 1 fully saturated rings. The molecule has 0 atom stereocenters. The highest BCUT2D eigenvalue weighted by molar-refractivity contribution is 8.48. The number of oxime groups is 1. The average molecular weight is 324 g/mol. The Morgan fingerprint density at radius 3 is 2.59 bits per heavy atom. The van der Waals surface area contributed by atoms with Gasteiger partial charge in [0.2, 0.25) is 0 Å². The minimum absolute atomic E-state index is 0.344. The molecule has 1 aliphatic heterocycles. The highest BCUT2D eigenvalue weighted by Crippen LogP contribution is 2.33. The summed E-state index contributed by atoms with van der Waals surface area (Å²) in [5.41, 5.74) is -4.52. The van der Waals surface area contributed by atoms with Crippen LogP contribution in [0.4, 0.5) is 18.0 Å². The first-order valence-electron chi connectivity index (χ1n) is 4.00. The first-order valence-corrected chi connectivity index (χ1v) is 7.90. The van der Waals surface area contributed by atoms with Crippen molar-refractivity contribution in [1.29, 1.82) is 0 Å². The summed E-state index contributed by atoms with van der Waals surface area (Å²) in [6.45, 7) is 0. The van der Waals surface area contributed by atoms with Crippen molar-refractivity contribution in [1.82, 2.24) is 4.31 Å². The van der Waals surface area contributed by atoms with Crippen LogP contribution in [0.3, 0.4) is 0 Å². The van der Waals surface area contributed by atoms with Crippen LogP contribution in [0.15, 0.2) is 5.16 Å². The summed E-state index contributed by atoms with van der Waals surface area (Å²) in [5.74, 6) is 0. The van der Waals surface area contributed by atoms with Gasteiger partial charge in [0.15, 0.2) is 4.38 Å². The van der Waals surface area contributed by atoms with Crippen LogP contribution in [-0.4, -0.2) is 37.5 Å². The third-order valence-corrected chi connectivity index (χ3v) is 5.48. The SMILES string of the molecule is CN(SC(F)(F)F)C(=O)ON=C1SCSCS1. The van der Waals surface area contributed by atoms with Crippen LogP contribution in [0.2, 0.25) is 0 Å². The molecule has 1 saturated heterocycles. The second kappa shape index (κ2) is 6.90. The molecule has 1 heterocycles. The largest absolute Gasteiger partial charge is 0.461 e. The Hall–Kier alpha value is 0.130. The Labute approximate surface area is 113 Å². The Kier molecular flexibility index (Phi) is 6.17. The summed E-state index contributed by atoms with van der Waals surface area (Å²) in [6.07, 6.45) is -1.15. The van der Waals surface area contributed by atoms with Gasteiger partial charge in [-0.2, -0.15) is 13.2 Å². The van der Waals surface area contributed by atoms with E-state index in [-0.39, 0.29) is 0 Å². The van der Waals surface area contributed by atoms with Crippen LogP contribution >= 0.6 is 47.2 Å².